The van der Waals surface area contributed by atoms with Gasteiger partial charge in [0.05, 0.1) is 13.2 Å². The van der Waals surface area contributed by atoms with E-state index in [1.807, 2.05) is 0 Å². The Morgan fingerprint density at radius 2 is 1.93 bits per heavy atom. The fourth-order valence-corrected chi connectivity index (χ4v) is 2.86. The van der Waals surface area contributed by atoms with Gasteiger partial charge in [-0.15, -0.1) is 0 Å². The van der Waals surface area contributed by atoms with Crippen LogP contribution in [0.2, 0.25) is 0 Å². The molecule has 0 spiro atoms. The molecule has 1 aliphatic heterocycles. The van der Waals surface area contributed by atoms with E-state index in [2.05, 4.69) is 0 Å². The van der Waals surface area contributed by atoms with E-state index in [9.17, 15) is 30.3 Å². The summed E-state index contributed by atoms with van der Waals surface area (Å²) in [5.74, 6) is -1.11. The monoisotopic (exact) mass is 412 g/mol. The summed E-state index contributed by atoms with van der Waals surface area (Å²) in [5.41, 5.74) is 1.09. The number of benzene rings is 1. The van der Waals surface area contributed by atoms with Crippen molar-refractivity contribution in [2.45, 2.75) is 57.4 Å². The van der Waals surface area contributed by atoms with E-state index in [-0.39, 0.29) is 18.1 Å². The average Bonchev–Trinajstić information content (AvgIpc) is 2.71. The lowest BCUT2D eigenvalue weighted by Gasteiger charge is -2.41. The van der Waals surface area contributed by atoms with Crippen molar-refractivity contribution >= 4 is 5.97 Å². The Bertz CT molecular complexity index is 718. The quantitative estimate of drug-likeness (QED) is 0.177. The minimum absolute atomic E-state index is 0.159. The average molecular weight is 412 g/mol. The standard InChI is InChI=1S/C20H28O9/c1-3-11(2)19(26)29-18-16(24)15(10-21)28-20(17(18)25)27-8-4-5-12-6-7-13(22)14(23)9-12/h3,6-7,9,15-18,20-25H,4-5,8,10H2,1-2H3/b11-3-/t15-,16-,17-,18+,20-/m1/s1. The van der Waals surface area contributed by atoms with Crippen LogP contribution in [0.25, 0.3) is 0 Å². The molecule has 9 nitrogen and oxygen atoms in total. The number of ether oxygens (including phenoxy) is 3. The Kier molecular flexibility index (Phi) is 8.42. The van der Waals surface area contributed by atoms with E-state index < -0.39 is 43.3 Å². The number of phenols is 2. The van der Waals surface area contributed by atoms with Crippen LogP contribution in [-0.2, 0) is 25.4 Å². The number of hydrogen-bond acceptors (Lipinski definition) is 9. The second-order valence-electron chi connectivity index (χ2n) is 6.85. The number of aliphatic hydroxyl groups excluding tert-OH is 3. The summed E-state index contributed by atoms with van der Waals surface area (Å²) in [7, 11) is 0. The molecular formula is C20H28O9. The molecule has 5 atom stereocenters. The van der Waals surface area contributed by atoms with Crippen LogP contribution < -0.4 is 0 Å². The zero-order chi connectivity index (χ0) is 21.6. The van der Waals surface area contributed by atoms with Crippen LogP contribution in [0.1, 0.15) is 25.8 Å². The molecule has 0 saturated carbocycles. The first-order valence-electron chi connectivity index (χ1n) is 9.37. The first-order valence-corrected chi connectivity index (χ1v) is 9.37. The lowest BCUT2D eigenvalue weighted by atomic mass is 9.99. The van der Waals surface area contributed by atoms with Gasteiger partial charge in [0.15, 0.2) is 23.9 Å². The van der Waals surface area contributed by atoms with Crippen LogP contribution in [0.15, 0.2) is 29.8 Å². The first-order chi connectivity index (χ1) is 13.8. The van der Waals surface area contributed by atoms with Crippen LogP contribution >= 0.6 is 0 Å². The van der Waals surface area contributed by atoms with E-state index in [1.165, 1.54) is 12.1 Å². The SMILES string of the molecule is C/C=C(/C)C(=O)O[C@@H]1[C@@H](O)[C@H](OCCCc2ccc(O)c(O)c2)O[C@H](CO)[C@H]1O. The van der Waals surface area contributed by atoms with Gasteiger partial charge in [-0.2, -0.15) is 0 Å². The predicted octanol–water partition coefficient (Wildman–Crippen LogP) is 0.364. The van der Waals surface area contributed by atoms with Crippen LogP contribution in [0.4, 0.5) is 0 Å². The molecule has 1 aliphatic rings. The Morgan fingerprint density at radius 1 is 1.21 bits per heavy atom. The summed E-state index contributed by atoms with van der Waals surface area (Å²) in [6.07, 6.45) is -3.88. The summed E-state index contributed by atoms with van der Waals surface area (Å²) >= 11 is 0. The summed E-state index contributed by atoms with van der Waals surface area (Å²) in [6, 6.07) is 4.50. The third kappa shape index (κ3) is 5.91. The molecule has 5 N–H and O–H groups in total. The summed E-state index contributed by atoms with van der Waals surface area (Å²) < 4.78 is 16.1. The number of aromatic hydroxyl groups is 2. The van der Waals surface area contributed by atoms with Gasteiger partial charge in [0.25, 0.3) is 0 Å². The topological polar surface area (TPSA) is 146 Å². The smallest absolute Gasteiger partial charge is 0.333 e. The highest BCUT2D eigenvalue weighted by Gasteiger charge is 2.47. The number of rotatable bonds is 8. The number of hydrogen-bond donors (Lipinski definition) is 5. The molecule has 0 aromatic heterocycles. The Labute approximate surface area is 168 Å². The molecule has 1 aromatic rings. The van der Waals surface area contributed by atoms with Crippen molar-refractivity contribution in [3.8, 4) is 11.5 Å². The predicted molar refractivity (Wildman–Crippen MR) is 101 cm³/mol. The number of aryl methyl sites for hydroxylation is 1. The highest BCUT2D eigenvalue weighted by molar-refractivity contribution is 5.87. The van der Waals surface area contributed by atoms with Gasteiger partial charge in [-0.25, -0.2) is 4.79 Å². The molecule has 0 amide bonds. The molecule has 1 aromatic carbocycles. The fourth-order valence-electron chi connectivity index (χ4n) is 2.86. The molecule has 1 fully saturated rings. The molecule has 0 radical (unpaired) electrons. The zero-order valence-corrected chi connectivity index (χ0v) is 16.4. The van der Waals surface area contributed by atoms with Crippen molar-refractivity contribution in [3.63, 3.8) is 0 Å². The Morgan fingerprint density at radius 3 is 2.55 bits per heavy atom. The maximum absolute atomic E-state index is 12.0. The summed E-state index contributed by atoms with van der Waals surface area (Å²) in [6.45, 7) is 2.81. The van der Waals surface area contributed by atoms with Gasteiger partial charge in [0.1, 0.15) is 18.3 Å². The van der Waals surface area contributed by atoms with E-state index in [1.54, 1.807) is 26.0 Å². The Balaban J connectivity index is 1.94. The van der Waals surface area contributed by atoms with Crippen molar-refractivity contribution in [3.05, 3.63) is 35.4 Å². The Hall–Kier alpha value is -2.17. The molecule has 1 heterocycles. The molecule has 0 bridgehead atoms. The molecule has 2 rings (SSSR count). The number of allylic oxidation sites excluding steroid dienone is 1. The number of phenolic OH excluding ortho intramolecular Hbond substituents is 2. The van der Waals surface area contributed by atoms with Crippen LogP contribution in [-0.4, -0.2) is 75.4 Å². The second-order valence-corrected chi connectivity index (χ2v) is 6.85. The highest BCUT2D eigenvalue weighted by Crippen LogP contribution is 2.27. The second kappa shape index (κ2) is 10.6. The lowest BCUT2D eigenvalue weighted by Crippen LogP contribution is -2.60. The number of carbonyl (C=O) groups excluding carboxylic acids is 1. The van der Waals surface area contributed by atoms with Crippen molar-refractivity contribution in [1.82, 2.24) is 0 Å². The van der Waals surface area contributed by atoms with Crippen molar-refractivity contribution in [1.29, 1.82) is 0 Å². The van der Waals surface area contributed by atoms with Gasteiger partial charge >= 0.3 is 5.97 Å². The van der Waals surface area contributed by atoms with Crippen LogP contribution in [0.3, 0.4) is 0 Å². The highest BCUT2D eigenvalue weighted by atomic mass is 16.7. The molecule has 1 saturated heterocycles. The van der Waals surface area contributed by atoms with Gasteiger partial charge in [-0.1, -0.05) is 12.1 Å². The molecule has 0 aliphatic carbocycles. The van der Waals surface area contributed by atoms with E-state index in [0.29, 0.717) is 18.4 Å². The normalized spacial score (nSPS) is 27.6. The minimum Gasteiger partial charge on any atom is -0.504 e. The number of carbonyl (C=O) groups is 1. The van der Waals surface area contributed by atoms with Gasteiger partial charge in [-0.3, -0.25) is 0 Å². The van der Waals surface area contributed by atoms with Gasteiger partial charge in [0.2, 0.25) is 0 Å². The number of esters is 1. The zero-order valence-electron chi connectivity index (χ0n) is 16.4. The van der Waals surface area contributed by atoms with Crippen LogP contribution in [0, 0.1) is 0 Å². The largest absolute Gasteiger partial charge is 0.504 e. The van der Waals surface area contributed by atoms with Gasteiger partial charge in [-0.05, 0) is 44.4 Å². The summed E-state index contributed by atoms with van der Waals surface area (Å²) in [5, 5.41) is 49.0. The molecule has 9 heteroatoms. The van der Waals surface area contributed by atoms with Crippen molar-refractivity contribution in [2.75, 3.05) is 13.2 Å². The van der Waals surface area contributed by atoms with Gasteiger partial charge in [0, 0.05) is 5.57 Å². The van der Waals surface area contributed by atoms with Gasteiger partial charge < -0.3 is 39.7 Å². The molecule has 29 heavy (non-hydrogen) atoms. The van der Waals surface area contributed by atoms with Crippen molar-refractivity contribution < 1.29 is 44.5 Å². The third-order valence-corrected chi connectivity index (χ3v) is 4.75. The lowest BCUT2D eigenvalue weighted by molar-refractivity contribution is -0.302. The molecule has 162 valence electrons. The maximum Gasteiger partial charge on any atom is 0.333 e. The minimum atomic E-state index is -1.45. The number of aliphatic hydroxyl groups is 3. The van der Waals surface area contributed by atoms with E-state index in [0.717, 1.165) is 5.56 Å². The third-order valence-electron chi connectivity index (χ3n) is 4.75. The fraction of sp³-hybridized carbons (Fsp3) is 0.550. The van der Waals surface area contributed by atoms with E-state index in [4.69, 9.17) is 14.2 Å². The van der Waals surface area contributed by atoms with Crippen LogP contribution in [0.5, 0.6) is 11.5 Å². The van der Waals surface area contributed by atoms with Crippen molar-refractivity contribution in [2.24, 2.45) is 0 Å². The summed E-state index contributed by atoms with van der Waals surface area (Å²) in [4.78, 5) is 12.0. The van der Waals surface area contributed by atoms with E-state index >= 15 is 0 Å². The molecule has 0 unspecified atom stereocenters. The molecular weight excluding hydrogens is 384 g/mol. The maximum atomic E-state index is 12.0. The first kappa shape index (κ1) is 23.1.